The van der Waals surface area contributed by atoms with Crippen molar-refractivity contribution < 1.29 is 9.18 Å². The van der Waals surface area contributed by atoms with Crippen LogP contribution in [0.4, 0.5) is 10.1 Å². The first-order valence-electron chi connectivity index (χ1n) is 10.3. The minimum atomic E-state index is -0.331. The number of para-hydroxylation sites is 1. The molecular weight excluding hydrogens is 447 g/mol. The minimum absolute atomic E-state index is 0.0940. The van der Waals surface area contributed by atoms with Gasteiger partial charge in [-0.2, -0.15) is 5.10 Å². The van der Waals surface area contributed by atoms with E-state index in [1.807, 2.05) is 52.7 Å². The van der Waals surface area contributed by atoms with Crippen molar-refractivity contribution in [2.45, 2.75) is 0 Å². The Hall–Kier alpha value is -3.16. The molecule has 0 atom stereocenters. The summed E-state index contributed by atoms with van der Waals surface area (Å²) in [6.45, 7) is 2.54. The number of amides is 1. The van der Waals surface area contributed by atoms with Crippen LogP contribution in [0.1, 0.15) is 10.5 Å². The molecule has 0 bridgehead atoms. The molecule has 1 fully saturated rings. The molecular formula is C24H20ClFN4OS. The van der Waals surface area contributed by atoms with E-state index in [0.717, 1.165) is 16.3 Å². The van der Waals surface area contributed by atoms with Gasteiger partial charge < -0.3 is 9.80 Å². The van der Waals surface area contributed by atoms with Gasteiger partial charge in [-0.15, -0.1) is 11.3 Å². The van der Waals surface area contributed by atoms with Gasteiger partial charge in [-0.05, 0) is 53.9 Å². The first-order valence-corrected chi connectivity index (χ1v) is 11.5. The van der Waals surface area contributed by atoms with E-state index < -0.39 is 0 Å². The van der Waals surface area contributed by atoms with Crippen LogP contribution in [0.5, 0.6) is 0 Å². The van der Waals surface area contributed by atoms with E-state index in [-0.39, 0.29) is 11.7 Å². The van der Waals surface area contributed by atoms with Crippen LogP contribution in [0, 0.1) is 5.82 Å². The van der Waals surface area contributed by atoms with Gasteiger partial charge in [0, 0.05) is 26.2 Å². The number of carbonyl (C=O) groups excluding carboxylic acids is 1. The summed E-state index contributed by atoms with van der Waals surface area (Å²) >= 11 is 7.91. The first kappa shape index (κ1) is 20.7. The third kappa shape index (κ3) is 4.01. The number of thiophene rings is 1. The van der Waals surface area contributed by atoms with Crippen molar-refractivity contribution in [1.82, 2.24) is 14.7 Å². The number of benzene rings is 2. The van der Waals surface area contributed by atoms with E-state index in [9.17, 15) is 9.18 Å². The molecule has 1 saturated heterocycles. The summed E-state index contributed by atoms with van der Waals surface area (Å²) in [5.41, 5.74) is 2.82. The molecule has 162 valence electrons. The molecule has 0 saturated carbocycles. The molecule has 1 aliphatic rings. The molecule has 1 amide bonds. The van der Waals surface area contributed by atoms with Crippen LogP contribution in [0.3, 0.4) is 0 Å². The number of halogens is 2. The number of aromatic nitrogens is 2. The van der Waals surface area contributed by atoms with Gasteiger partial charge in [0.1, 0.15) is 17.2 Å². The lowest BCUT2D eigenvalue weighted by atomic mass is 10.2. The highest BCUT2D eigenvalue weighted by atomic mass is 35.5. The Morgan fingerprint density at radius 1 is 0.969 bits per heavy atom. The maximum atomic E-state index is 13.5. The average Bonchev–Trinajstić information content (AvgIpc) is 3.50. The number of carbonyl (C=O) groups is 1. The maximum Gasteiger partial charge on any atom is 0.272 e. The highest BCUT2D eigenvalue weighted by molar-refractivity contribution is 7.13. The quantitative estimate of drug-likeness (QED) is 0.407. The van der Waals surface area contributed by atoms with Gasteiger partial charge in [-0.3, -0.25) is 4.79 Å². The maximum absolute atomic E-state index is 13.5. The van der Waals surface area contributed by atoms with E-state index >= 15 is 0 Å². The smallest absolute Gasteiger partial charge is 0.272 e. The highest BCUT2D eigenvalue weighted by Gasteiger charge is 2.27. The molecule has 4 aromatic rings. The van der Waals surface area contributed by atoms with Gasteiger partial charge in [0.15, 0.2) is 0 Å². The fourth-order valence-electron chi connectivity index (χ4n) is 3.88. The summed E-state index contributed by atoms with van der Waals surface area (Å²) in [6.07, 6.45) is 0. The molecule has 1 aliphatic heterocycles. The molecule has 3 heterocycles. The Labute approximate surface area is 194 Å². The number of rotatable bonds is 4. The normalized spacial score (nSPS) is 14.1. The largest absolute Gasteiger partial charge is 0.367 e. The lowest BCUT2D eigenvalue weighted by molar-refractivity contribution is 0.0737. The molecule has 2 aromatic heterocycles. The zero-order chi connectivity index (χ0) is 22.1. The number of hydrogen-bond donors (Lipinski definition) is 0. The van der Waals surface area contributed by atoms with Crippen LogP contribution >= 0.6 is 22.9 Å². The van der Waals surface area contributed by atoms with Crippen molar-refractivity contribution >= 4 is 34.5 Å². The minimum Gasteiger partial charge on any atom is -0.367 e. The molecule has 0 spiro atoms. The zero-order valence-electron chi connectivity index (χ0n) is 17.1. The second-order valence-corrected chi connectivity index (χ2v) is 8.87. The topological polar surface area (TPSA) is 41.4 Å². The molecule has 5 rings (SSSR count). The second kappa shape index (κ2) is 8.76. The van der Waals surface area contributed by atoms with Crippen molar-refractivity contribution in [1.29, 1.82) is 0 Å². The predicted octanol–water partition coefficient (Wildman–Crippen LogP) is 5.36. The summed E-state index contributed by atoms with van der Waals surface area (Å²) in [7, 11) is 0. The van der Waals surface area contributed by atoms with Gasteiger partial charge in [-0.25, -0.2) is 9.07 Å². The van der Waals surface area contributed by atoms with Gasteiger partial charge in [0.2, 0.25) is 0 Å². The third-order valence-corrected chi connectivity index (χ3v) is 6.75. The Balaban J connectivity index is 1.42. The second-order valence-electron chi connectivity index (χ2n) is 7.51. The monoisotopic (exact) mass is 466 g/mol. The van der Waals surface area contributed by atoms with Crippen molar-refractivity contribution in [3.63, 3.8) is 0 Å². The molecule has 5 nitrogen and oxygen atoms in total. The summed E-state index contributed by atoms with van der Waals surface area (Å²) in [4.78, 5) is 18.5. The van der Waals surface area contributed by atoms with E-state index in [1.165, 1.54) is 12.1 Å². The molecule has 0 radical (unpaired) electrons. The van der Waals surface area contributed by atoms with Gasteiger partial charge in [0.25, 0.3) is 5.91 Å². The highest BCUT2D eigenvalue weighted by Crippen LogP contribution is 2.28. The van der Waals surface area contributed by atoms with E-state index in [1.54, 1.807) is 28.2 Å². The van der Waals surface area contributed by atoms with E-state index in [0.29, 0.717) is 42.6 Å². The van der Waals surface area contributed by atoms with Crippen LogP contribution in [0.15, 0.2) is 72.1 Å². The standard InChI is InChI=1S/C24H20ClFN4OS/c25-19-4-1-2-5-21(19)28-11-13-29(14-12-28)24(31)22-16-20(23-6-3-15-32-23)27-30(22)18-9-7-17(26)8-10-18/h1-10,15-16H,11-14H2. The molecule has 32 heavy (non-hydrogen) atoms. The average molecular weight is 467 g/mol. The fraction of sp³-hybridized carbons (Fsp3) is 0.167. The van der Waals surface area contributed by atoms with Crippen LogP contribution in [0.25, 0.3) is 16.3 Å². The summed E-state index contributed by atoms with van der Waals surface area (Å²) in [5, 5.41) is 7.36. The predicted molar refractivity (Wildman–Crippen MR) is 126 cm³/mol. The van der Waals surface area contributed by atoms with Crippen LogP contribution in [-0.2, 0) is 0 Å². The first-order chi connectivity index (χ1) is 15.6. The lowest BCUT2D eigenvalue weighted by Gasteiger charge is -2.36. The van der Waals surface area contributed by atoms with Crippen molar-refractivity contribution in [3.05, 3.63) is 88.6 Å². The molecule has 8 heteroatoms. The van der Waals surface area contributed by atoms with Crippen molar-refractivity contribution in [2.24, 2.45) is 0 Å². The van der Waals surface area contributed by atoms with E-state index in [2.05, 4.69) is 10.00 Å². The van der Waals surface area contributed by atoms with Crippen LogP contribution in [-0.4, -0.2) is 46.8 Å². The number of anilines is 1. The summed E-state index contributed by atoms with van der Waals surface area (Å²) in [5.74, 6) is -0.425. The van der Waals surface area contributed by atoms with Gasteiger partial charge in [0.05, 0.1) is 21.3 Å². The van der Waals surface area contributed by atoms with Crippen LogP contribution in [0.2, 0.25) is 5.02 Å². The number of nitrogens with zero attached hydrogens (tertiary/aromatic N) is 4. The number of hydrogen-bond acceptors (Lipinski definition) is 4. The van der Waals surface area contributed by atoms with Crippen molar-refractivity contribution in [3.8, 4) is 16.3 Å². The summed E-state index contributed by atoms with van der Waals surface area (Å²) in [6, 6.07) is 19.5. The van der Waals surface area contributed by atoms with Gasteiger partial charge in [-0.1, -0.05) is 29.8 Å². The molecule has 0 unspecified atom stereocenters. The Bertz CT molecular complexity index is 1230. The molecule has 0 aliphatic carbocycles. The Kier molecular flexibility index (Phi) is 5.68. The van der Waals surface area contributed by atoms with E-state index in [4.69, 9.17) is 11.6 Å². The Morgan fingerprint density at radius 2 is 1.72 bits per heavy atom. The summed E-state index contributed by atoms with van der Waals surface area (Å²) < 4.78 is 15.1. The van der Waals surface area contributed by atoms with Crippen molar-refractivity contribution in [2.75, 3.05) is 31.1 Å². The SMILES string of the molecule is O=C(c1cc(-c2cccs2)nn1-c1ccc(F)cc1)N1CCN(c2ccccc2Cl)CC1. The third-order valence-electron chi connectivity index (χ3n) is 5.53. The lowest BCUT2D eigenvalue weighted by Crippen LogP contribution is -2.49. The Morgan fingerprint density at radius 3 is 2.41 bits per heavy atom. The molecule has 0 N–H and O–H groups in total. The number of piperazine rings is 1. The van der Waals surface area contributed by atoms with Gasteiger partial charge >= 0.3 is 0 Å². The van der Waals surface area contributed by atoms with Crippen LogP contribution < -0.4 is 4.90 Å². The zero-order valence-corrected chi connectivity index (χ0v) is 18.7. The molecule has 2 aromatic carbocycles. The fourth-order valence-corrected chi connectivity index (χ4v) is 4.81.